The summed E-state index contributed by atoms with van der Waals surface area (Å²) in [6.45, 7) is 4.18. The van der Waals surface area contributed by atoms with Crippen LogP contribution >= 0.6 is 0 Å². The Morgan fingerprint density at radius 3 is 2.57 bits per heavy atom. The minimum atomic E-state index is -3.49. The molecule has 0 spiro atoms. The molecule has 1 N–H and O–H groups in total. The molecule has 0 aliphatic carbocycles. The zero-order chi connectivity index (χ0) is 25.2. The summed E-state index contributed by atoms with van der Waals surface area (Å²) in [5.74, 6) is 0.329. The van der Waals surface area contributed by atoms with Gasteiger partial charge in [-0.2, -0.15) is 0 Å². The number of nitrogens with one attached hydrogen (secondary N) is 1. The van der Waals surface area contributed by atoms with Crippen molar-refractivity contribution in [1.29, 1.82) is 0 Å². The third kappa shape index (κ3) is 5.83. The van der Waals surface area contributed by atoms with Crippen LogP contribution < -0.4 is 14.2 Å². The largest absolute Gasteiger partial charge is 0.486 e. The number of anilines is 1. The van der Waals surface area contributed by atoms with Crippen LogP contribution in [0.1, 0.15) is 32.1 Å². The fraction of sp³-hybridized carbons (Fsp3) is 0.280. The van der Waals surface area contributed by atoms with E-state index in [9.17, 15) is 18.0 Å². The van der Waals surface area contributed by atoms with Crippen LogP contribution in [0.2, 0.25) is 0 Å². The molecule has 1 atom stereocenters. The van der Waals surface area contributed by atoms with Crippen molar-refractivity contribution in [3.05, 3.63) is 77.1 Å². The fourth-order valence-electron chi connectivity index (χ4n) is 3.94. The van der Waals surface area contributed by atoms with E-state index < -0.39 is 22.6 Å². The average Bonchev–Trinajstić information content (AvgIpc) is 3.09. The number of carbonyl (C=O) groups excluding carboxylic acids is 2. The first-order valence-corrected chi connectivity index (χ1v) is 12.8. The van der Waals surface area contributed by atoms with Crippen LogP contribution in [0.5, 0.6) is 11.5 Å². The highest BCUT2D eigenvalue weighted by molar-refractivity contribution is 7.92. The number of fused-ring (bicyclic) bond motifs is 1. The molecule has 0 saturated heterocycles. The van der Waals surface area contributed by atoms with Crippen molar-refractivity contribution in [2.75, 3.05) is 24.2 Å². The number of aromatic nitrogens is 1. The number of aryl methyl sites for hydroxylation is 1. The van der Waals surface area contributed by atoms with E-state index in [0.29, 0.717) is 30.2 Å². The summed E-state index contributed by atoms with van der Waals surface area (Å²) in [6, 6.07) is 15.1. The molecule has 1 aliphatic rings. The van der Waals surface area contributed by atoms with E-state index in [1.54, 1.807) is 6.07 Å². The predicted octanol–water partition coefficient (Wildman–Crippen LogP) is 3.36. The summed E-state index contributed by atoms with van der Waals surface area (Å²) in [5, 5.41) is 0. The van der Waals surface area contributed by atoms with Gasteiger partial charge in [-0.1, -0.05) is 18.2 Å². The number of ether oxygens (including phenoxy) is 3. The maximum Gasteiger partial charge on any atom is 0.338 e. The van der Waals surface area contributed by atoms with Gasteiger partial charge in [-0.15, -0.1) is 0 Å². The van der Waals surface area contributed by atoms with E-state index in [2.05, 4.69) is 4.72 Å². The van der Waals surface area contributed by atoms with Crippen molar-refractivity contribution in [3.63, 3.8) is 0 Å². The van der Waals surface area contributed by atoms with Crippen molar-refractivity contribution in [2.45, 2.75) is 26.5 Å². The second kappa shape index (κ2) is 9.83. The molecule has 2 aromatic carbocycles. The summed E-state index contributed by atoms with van der Waals surface area (Å²) in [4.78, 5) is 25.3. The minimum Gasteiger partial charge on any atom is -0.486 e. The maximum absolute atomic E-state index is 12.8. The highest BCUT2D eigenvalue weighted by Gasteiger charge is 2.24. The Hall–Kier alpha value is -3.79. The zero-order valence-corrected chi connectivity index (χ0v) is 20.4. The first-order valence-electron chi connectivity index (χ1n) is 10.9. The van der Waals surface area contributed by atoms with E-state index >= 15 is 0 Å². The second-order valence-electron chi connectivity index (χ2n) is 8.35. The molecule has 0 radical (unpaired) electrons. The van der Waals surface area contributed by atoms with Gasteiger partial charge in [0, 0.05) is 22.6 Å². The number of carbonyl (C=O) groups is 2. The Morgan fingerprint density at radius 2 is 1.83 bits per heavy atom. The van der Waals surface area contributed by atoms with Crippen molar-refractivity contribution in [2.24, 2.45) is 0 Å². The first kappa shape index (κ1) is 24.3. The topological polar surface area (TPSA) is 113 Å². The second-order valence-corrected chi connectivity index (χ2v) is 10.1. The van der Waals surface area contributed by atoms with Crippen molar-refractivity contribution in [3.8, 4) is 11.5 Å². The Bertz CT molecular complexity index is 1380. The van der Waals surface area contributed by atoms with Gasteiger partial charge in [0.25, 0.3) is 0 Å². The molecule has 1 aliphatic heterocycles. The quantitative estimate of drug-likeness (QED) is 0.374. The average molecular weight is 499 g/mol. The molecule has 1 aromatic heterocycles. The molecule has 0 unspecified atom stereocenters. The van der Waals surface area contributed by atoms with Gasteiger partial charge >= 0.3 is 5.97 Å². The third-order valence-electron chi connectivity index (χ3n) is 5.56. The molecule has 0 fully saturated rings. The maximum atomic E-state index is 12.8. The molecule has 4 rings (SSSR count). The summed E-state index contributed by atoms with van der Waals surface area (Å²) in [7, 11) is -3.49. The Kier molecular flexibility index (Phi) is 6.83. The van der Waals surface area contributed by atoms with Gasteiger partial charge in [0.2, 0.25) is 15.8 Å². The minimum absolute atomic E-state index is 0.131. The number of nitrogens with zero attached hydrogens (tertiary/aromatic N) is 1. The van der Waals surface area contributed by atoms with E-state index in [1.165, 1.54) is 24.3 Å². The molecular weight excluding hydrogens is 472 g/mol. The Labute approximate surface area is 203 Å². The van der Waals surface area contributed by atoms with Crippen molar-refractivity contribution >= 4 is 27.5 Å². The summed E-state index contributed by atoms with van der Waals surface area (Å²) >= 11 is 0. The lowest BCUT2D eigenvalue weighted by atomic mass is 10.1. The highest BCUT2D eigenvalue weighted by atomic mass is 32.2. The van der Waals surface area contributed by atoms with Gasteiger partial charge in [0.05, 0.1) is 18.4 Å². The molecular formula is C25H26N2O7S. The number of ketones is 1. The zero-order valence-electron chi connectivity index (χ0n) is 19.6. The molecule has 9 nitrogen and oxygen atoms in total. The third-order valence-corrected chi connectivity index (χ3v) is 6.17. The van der Waals surface area contributed by atoms with Gasteiger partial charge in [-0.25, -0.2) is 13.2 Å². The van der Waals surface area contributed by atoms with Crippen LogP contribution in [-0.4, -0.2) is 50.3 Å². The molecule has 0 saturated carbocycles. The van der Waals surface area contributed by atoms with E-state index in [-0.39, 0.29) is 23.1 Å². The Balaban J connectivity index is 1.40. The first-order chi connectivity index (χ1) is 16.6. The van der Waals surface area contributed by atoms with Crippen LogP contribution in [0.25, 0.3) is 0 Å². The van der Waals surface area contributed by atoms with Crippen LogP contribution in [0, 0.1) is 13.8 Å². The molecule has 35 heavy (non-hydrogen) atoms. The number of esters is 1. The SMILES string of the molecule is Cc1cc(C(=O)COC(=O)c2cccc(NS(C)(=O)=O)c2)c(C)n1C[C@H]1COc2ccccc2O1. The van der Waals surface area contributed by atoms with Crippen molar-refractivity contribution < 1.29 is 32.2 Å². The number of Topliss-reactive ketones (excluding diaryl/α,β-unsaturated/α-hetero) is 1. The number of hydrogen-bond donors (Lipinski definition) is 1. The van der Waals surface area contributed by atoms with Gasteiger partial charge in [-0.05, 0) is 50.2 Å². The highest BCUT2D eigenvalue weighted by Crippen LogP contribution is 2.31. The lowest BCUT2D eigenvalue weighted by Gasteiger charge is -2.27. The predicted molar refractivity (Wildman–Crippen MR) is 130 cm³/mol. The van der Waals surface area contributed by atoms with E-state index in [0.717, 1.165) is 17.6 Å². The van der Waals surface area contributed by atoms with Crippen LogP contribution in [0.3, 0.4) is 0 Å². The van der Waals surface area contributed by atoms with Gasteiger partial charge < -0.3 is 18.8 Å². The van der Waals surface area contributed by atoms with Gasteiger partial charge in [0.15, 0.2) is 24.2 Å². The number of benzene rings is 2. The number of hydrogen-bond acceptors (Lipinski definition) is 7. The number of sulfonamides is 1. The van der Waals surface area contributed by atoms with Gasteiger partial charge in [0.1, 0.15) is 6.61 Å². The summed E-state index contributed by atoms with van der Waals surface area (Å²) in [6.07, 6.45) is 0.794. The molecule has 3 aromatic rings. The lowest BCUT2D eigenvalue weighted by Crippen LogP contribution is -2.33. The van der Waals surface area contributed by atoms with E-state index in [1.807, 2.05) is 42.7 Å². The number of para-hydroxylation sites is 2. The monoisotopic (exact) mass is 498 g/mol. The molecule has 2 heterocycles. The number of rotatable bonds is 8. The van der Waals surface area contributed by atoms with E-state index in [4.69, 9.17) is 14.2 Å². The summed E-state index contributed by atoms with van der Waals surface area (Å²) in [5.41, 5.74) is 2.43. The Morgan fingerprint density at radius 1 is 1.09 bits per heavy atom. The standard InChI is InChI=1S/C25H26N2O7S/c1-16-11-21(17(2)27(16)13-20-14-32-23-9-4-5-10-24(23)34-20)22(28)15-33-25(29)18-7-6-8-19(12-18)26-35(3,30)31/h4-12,20,26H,13-15H2,1-3H3/t20-/m0/s1. The lowest BCUT2D eigenvalue weighted by molar-refractivity contribution is 0.0474. The normalized spacial score (nSPS) is 14.9. The molecule has 10 heteroatoms. The van der Waals surface area contributed by atoms with Crippen LogP contribution in [0.15, 0.2) is 54.6 Å². The molecule has 0 amide bonds. The fourth-order valence-corrected chi connectivity index (χ4v) is 4.49. The molecule has 184 valence electrons. The molecule has 0 bridgehead atoms. The van der Waals surface area contributed by atoms with Crippen molar-refractivity contribution in [1.82, 2.24) is 4.57 Å². The van der Waals surface area contributed by atoms with Gasteiger partial charge in [-0.3, -0.25) is 9.52 Å². The van der Waals surface area contributed by atoms with Crippen LogP contribution in [-0.2, 0) is 21.3 Å². The van der Waals surface area contributed by atoms with Crippen LogP contribution in [0.4, 0.5) is 5.69 Å². The summed E-state index contributed by atoms with van der Waals surface area (Å²) < 4.78 is 44.1. The smallest absolute Gasteiger partial charge is 0.338 e.